The molecular weight excluding hydrogens is 443 g/mol. The molecule has 0 aliphatic heterocycles. The molecule has 152 valence electrons. The highest BCUT2D eigenvalue weighted by atomic mass is 79.9. The smallest absolute Gasteiger partial charge is 0.171 e. The number of hydrogen-bond acceptors (Lipinski definition) is 2. The molecule has 0 aliphatic rings. The van der Waals surface area contributed by atoms with Gasteiger partial charge in [0, 0.05) is 13.0 Å². The minimum atomic E-state index is -2.06. The van der Waals surface area contributed by atoms with E-state index in [0.29, 0.717) is 18.4 Å². The molecule has 0 unspecified atom stereocenters. The zero-order chi connectivity index (χ0) is 19.7. The van der Waals surface area contributed by atoms with Crippen molar-refractivity contribution in [1.29, 1.82) is 0 Å². The third-order valence-electron chi connectivity index (χ3n) is 5.12. The average Bonchev–Trinajstić information content (AvgIpc) is 2.77. The second-order valence-corrected chi connectivity index (χ2v) is 10.5. The molecule has 0 aliphatic carbocycles. The van der Waals surface area contributed by atoms with Gasteiger partial charge in [-0.3, -0.25) is 4.79 Å². The van der Waals surface area contributed by atoms with Gasteiger partial charge in [-0.1, -0.05) is 61.0 Å². The molecule has 0 atom stereocenters. The lowest BCUT2D eigenvalue weighted by Crippen LogP contribution is -3.00. The van der Waals surface area contributed by atoms with Crippen molar-refractivity contribution in [2.45, 2.75) is 25.7 Å². The summed E-state index contributed by atoms with van der Waals surface area (Å²) in [6, 6.07) is 31.6. The average molecular weight is 471 g/mol. The zero-order valence-electron chi connectivity index (χ0n) is 16.6. The lowest BCUT2D eigenvalue weighted by atomic mass is 10.1. The van der Waals surface area contributed by atoms with Crippen LogP contribution in [0.1, 0.15) is 25.7 Å². The van der Waals surface area contributed by atoms with E-state index in [1.165, 1.54) is 15.9 Å². The van der Waals surface area contributed by atoms with E-state index in [2.05, 4.69) is 72.8 Å². The molecule has 0 radical (unpaired) electrons. The van der Waals surface area contributed by atoms with E-state index in [4.69, 9.17) is 5.11 Å². The highest BCUT2D eigenvalue weighted by Gasteiger charge is 2.46. The number of unbranched alkanes of at least 4 members (excludes halogenated alkanes) is 2. The Morgan fingerprint density at radius 1 is 0.655 bits per heavy atom. The third-order valence-corrected chi connectivity index (χ3v) is 9.48. The Morgan fingerprint density at radius 3 is 1.45 bits per heavy atom. The number of Topliss-reactive ketones (excluding diaryl/α,β-unsaturated/α-hetero) is 1. The molecule has 0 saturated carbocycles. The third kappa shape index (κ3) is 5.85. The predicted molar refractivity (Wildman–Crippen MR) is 121 cm³/mol. The van der Waals surface area contributed by atoms with Gasteiger partial charge in [0.05, 0.1) is 0 Å². The largest absolute Gasteiger partial charge is 1.00 e. The van der Waals surface area contributed by atoms with Crippen LogP contribution in [-0.2, 0) is 4.79 Å². The monoisotopic (exact) mass is 470 g/mol. The van der Waals surface area contributed by atoms with Crippen LogP contribution >= 0.6 is 7.26 Å². The molecule has 1 N–H and O–H groups in total. The Labute approximate surface area is 185 Å². The normalized spacial score (nSPS) is 10.9. The fourth-order valence-electron chi connectivity index (χ4n) is 3.72. The van der Waals surface area contributed by atoms with Crippen LogP contribution in [0.2, 0.25) is 0 Å². The highest BCUT2D eigenvalue weighted by Crippen LogP contribution is 2.55. The van der Waals surface area contributed by atoms with Crippen molar-refractivity contribution in [2.75, 3.05) is 12.8 Å². The summed E-state index contributed by atoms with van der Waals surface area (Å²) in [4.78, 5) is 13.1. The molecular formula is C25H28BrO2P. The van der Waals surface area contributed by atoms with Gasteiger partial charge in [0.2, 0.25) is 0 Å². The number of halogens is 1. The molecule has 0 bridgehead atoms. The summed E-state index contributed by atoms with van der Waals surface area (Å²) < 4.78 is 0. The maximum absolute atomic E-state index is 13.1. The number of aliphatic hydroxyl groups excluding tert-OH is 1. The summed E-state index contributed by atoms with van der Waals surface area (Å²) in [5, 5.41) is 12.7. The first-order valence-electron chi connectivity index (χ1n) is 9.95. The second kappa shape index (κ2) is 12.0. The van der Waals surface area contributed by atoms with Gasteiger partial charge in [0.15, 0.2) is 5.78 Å². The van der Waals surface area contributed by atoms with Gasteiger partial charge in [-0.05, 0) is 49.2 Å². The first-order valence-corrected chi connectivity index (χ1v) is 11.9. The Hall–Kier alpha value is -1.80. The first kappa shape index (κ1) is 23.5. The number of aliphatic hydroxyl groups is 1. The number of hydrogen-bond donors (Lipinski definition) is 1. The van der Waals surface area contributed by atoms with Crippen LogP contribution in [-0.4, -0.2) is 23.7 Å². The highest BCUT2D eigenvalue weighted by molar-refractivity contribution is 7.96. The van der Waals surface area contributed by atoms with Crippen LogP contribution in [0.25, 0.3) is 0 Å². The van der Waals surface area contributed by atoms with Crippen molar-refractivity contribution in [3.8, 4) is 0 Å². The SMILES string of the molecule is O=C(CCCCCO)C[P+](c1ccccc1)(c1ccccc1)c1ccccc1.[Br-]. The van der Waals surface area contributed by atoms with Crippen LogP contribution in [0.4, 0.5) is 0 Å². The molecule has 0 saturated heterocycles. The maximum Gasteiger partial charge on any atom is 0.171 e. The standard InChI is InChI=1S/C25H28O2P.BrH/c26-20-12-4-5-13-22(27)21-28(23-14-6-1-7-15-23,24-16-8-2-9-17-24)25-18-10-3-11-19-25;/h1-3,6-11,14-19,26H,4-5,12-13,20-21H2;1H/q+1;/p-1. The van der Waals surface area contributed by atoms with Gasteiger partial charge in [-0.25, -0.2) is 0 Å². The summed E-state index contributed by atoms with van der Waals surface area (Å²) in [5.41, 5.74) is 0. The Kier molecular flexibility index (Phi) is 9.73. The van der Waals surface area contributed by atoms with Crippen LogP contribution in [0.15, 0.2) is 91.0 Å². The van der Waals surface area contributed by atoms with Crippen molar-refractivity contribution in [1.82, 2.24) is 0 Å². The first-order chi connectivity index (χ1) is 13.8. The summed E-state index contributed by atoms with van der Waals surface area (Å²) in [5.74, 6) is 0.308. The number of carbonyl (C=O) groups excluding carboxylic acids is 1. The topological polar surface area (TPSA) is 37.3 Å². The summed E-state index contributed by atoms with van der Waals surface area (Å²) in [7, 11) is -2.06. The van der Waals surface area contributed by atoms with E-state index in [-0.39, 0.29) is 23.6 Å². The molecule has 0 amide bonds. The molecule has 29 heavy (non-hydrogen) atoms. The molecule has 0 heterocycles. The molecule has 4 heteroatoms. The van der Waals surface area contributed by atoms with Crippen LogP contribution in [0.5, 0.6) is 0 Å². The van der Waals surface area contributed by atoms with Gasteiger partial charge < -0.3 is 22.1 Å². The van der Waals surface area contributed by atoms with Crippen LogP contribution < -0.4 is 32.9 Å². The summed E-state index contributed by atoms with van der Waals surface area (Å²) in [6.45, 7) is 0.198. The van der Waals surface area contributed by atoms with E-state index >= 15 is 0 Å². The number of rotatable bonds is 10. The summed E-state index contributed by atoms with van der Waals surface area (Å²) in [6.07, 6.45) is 3.63. The molecule has 3 aromatic rings. The van der Waals surface area contributed by atoms with E-state index in [0.717, 1.165) is 19.3 Å². The lowest BCUT2D eigenvalue weighted by molar-refractivity contribution is -0.116. The van der Waals surface area contributed by atoms with Crippen LogP contribution in [0, 0.1) is 0 Å². The minimum Gasteiger partial charge on any atom is -1.00 e. The second-order valence-electron chi connectivity index (χ2n) is 7.05. The lowest BCUT2D eigenvalue weighted by Gasteiger charge is -2.27. The molecule has 0 spiro atoms. The Balaban J connectivity index is 0.00000300. The fraction of sp³-hybridized carbons (Fsp3) is 0.240. The van der Waals surface area contributed by atoms with Gasteiger partial charge >= 0.3 is 0 Å². The van der Waals surface area contributed by atoms with Crippen molar-refractivity contribution in [3.63, 3.8) is 0 Å². The van der Waals surface area contributed by atoms with Crippen molar-refractivity contribution >= 4 is 29.0 Å². The van der Waals surface area contributed by atoms with Gasteiger partial charge in [0.1, 0.15) is 29.3 Å². The number of ketones is 1. The maximum atomic E-state index is 13.1. The fourth-order valence-corrected chi connectivity index (χ4v) is 7.90. The van der Waals surface area contributed by atoms with Gasteiger partial charge in [-0.2, -0.15) is 0 Å². The van der Waals surface area contributed by atoms with E-state index in [1.54, 1.807) is 0 Å². The van der Waals surface area contributed by atoms with Gasteiger partial charge in [0.25, 0.3) is 0 Å². The minimum absolute atomic E-state index is 0. The Bertz CT molecular complexity index is 757. The zero-order valence-corrected chi connectivity index (χ0v) is 19.1. The molecule has 2 nitrogen and oxygen atoms in total. The number of benzene rings is 3. The van der Waals surface area contributed by atoms with Crippen molar-refractivity contribution in [3.05, 3.63) is 91.0 Å². The summed E-state index contributed by atoms with van der Waals surface area (Å²) >= 11 is 0. The molecule has 3 rings (SSSR count). The molecule has 3 aromatic carbocycles. The molecule has 0 aromatic heterocycles. The van der Waals surface area contributed by atoms with E-state index in [1.807, 2.05) is 18.2 Å². The van der Waals surface area contributed by atoms with Crippen molar-refractivity contribution < 1.29 is 26.9 Å². The van der Waals surface area contributed by atoms with E-state index < -0.39 is 7.26 Å². The Morgan fingerprint density at radius 2 is 1.07 bits per heavy atom. The quantitative estimate of drug-likeness (QED) is 0.356. The number of carbonyl (C=O) groups is 1. The molecule has 0 fully saturated rings. The van der Waals surface area contributed by atoms with E-state index in [9.17, 15) is 4.79 Å². The van der Waals surface area contributed by atoms with Gasteiger partial charge in [-0.15, -0.1) is 0 Å². The predicted octanol–water partition coefficient (Wildman–Crippen LogP) is 1.11. The van der Waals surface area contributed by atoms with Crippen LogP contribution in [0.3, 0.4) is 0 Å². The van der Waals surface area contributed by atoms with Crippen molar-refractivity contribution in [2.24, 2.45) is 0 Å².